The van der Waals surface area contributed by atoms with Crippen LogP contribution in [0.15, 0.2) is 66.0 Å². The fourth-order valence-electron chi connectivity index (χ4n) is 8.14. The zero-order valence-electron chi connectivity index (χ0n) is 44.0. The number of rotatable bonds is 33. The van der Waals surface area contributed by atoms with Crippen molar-refractivity contribution in [2.45, 2.75) is 94.5 Å². The number of amides is 9. The van der Waals surface area contributed by atoms with E-state index in [1.807, 2.05) is 48.5 Å². The Morgan fingerprint density at radius 2 is 1.15 bits per heavy atom. The van der Waals surface area contributed by atoms with Crippen LogP contribution in [-0.4, -0.2) is 177 Å². The van der Waals surface area contributed by atoms with Crippen molar-refractivity contribution in [2.24, 2.45) is 22.4 Å². The maximum atomic E-state index is 14.0. The molecule has 0 bridgehead atoms. The number of alkyl carbamates (subject to hydrolysis) is 1. The summed E-state index contributed by atoms with van der Waals surface area (Å²) < 4.78 is 5.49. The summed E-state index contributed by atoms with van der Waals surface area (Å²) in [5, 5.41) is 49.3. The van der Waals surface area contributed by atoms with Gasteiger partial charge < -0.3 is 84.4 Å². The van der Waals surface area contributed by atoms with Crippen molar-refractivity contribution in [1.82, 2.24) is 57.8 Å². The van der Waals surface area contributed by atoms with Gasteiger partial charge in [-0.15, -0.1) is 0 Å². The molecule has 17 N–H and O–H groups in total. The van der Waals surface area contributed by atoms with Crippen molar-refractivity contribution in [3.05, 3.63) is 77.9 Å². The van der Waals surface area contributed by atoms with Crippen molar-refractivity contribution >= 4 is 89.8 Å². The van der Waals surface area contributed by atoms with Crippen LogP contribution in [0, 0.1) is 5.92 Å². The molecule has 6 atom stereocenters. The zero-order valence-corrected chi connectivity index (χ0v) is 44.9. The predicted octanol–water partition coefficient (Wildman–Crippen LogP) is -3.30. The number of imidazole rings is 1. The summed E-state index contributed by atoms with van der Waals surface area (Å²) in [4.78, 5) is 165. The van der Waals surface area contributed by atoms with E-state index in [0.29, 0.717) is 0 Å². The van der Waals surface area contributed by atoms with Gasteiger partial charge in [0.15, 0.2) is 5.96 Å². The first kappa shape index (κ1) is 64.2. The van der Waals surface area contributed by atoms with Crippen LogP contribution in [0.1, 0.15) is 68.7 Å². The molecule has 2 aromatic carbocycles. The highest BCUT2D eigenvalue weighted by Gasteiger charge is 2.35. The molecule has 0 spiro atoms. The normalized spacial score (nSPS) is 13.6. The lowest BCUT2D eigenvalue weighted by Crippen LogP contribution is -2.60. The van der Waals surface area contributed by atoms with E-state index < -0.39 is 140 Å². The fourth-order valence-corrected chi connectivity index (χ4v) is 8.40. The van der Waals surface area contributed by atoms with E-state index in [1.54, 1.807) is 13.8 Å². The number of carbonyl (C=O) groups excluding carboxylic acids is 9. The monoisotopic (exact) mass is 1150 g/mol. The number of carboxylic acids is 3. The molecule has 31 heteroatoms. The van der Waals surface area contributed by atoms with Crippen molar-refractivity contribution < 1.29 is 77.6 Å². The van der Waals surface area contributed by atoms with Gasteiger partial charge in [-0.25, -0.2) is 14.6 Å². The summed E-state index contributed by atoms with van der Waals surface area (Å²) in [5.41, 5.74) is 15.1. The van der Waals surface area contributed by atoms with Gasteiger partial charge in [0, 0.05) is 36.5 Å². The minimum absolute atomic E-state index is 0.0163. The van der Waals surface area contributed by atoms with Crippen LogP contribution >= 0.6 is 12.6 Å². The first-order valence-corrected chi connectivity index (χ1v) is 25.8. The average molecular weight is 1150 g/mol. The van der Waals surface area contributed by atoms with Gasteiger partial charge in [-0.05, 0) is 47.4 Å². The number of thiol groups is 1. The number of aliphatic imine (C=N–C) groups is 1. The van der Waals surface area contributed by atoms with E-state index in [9.17, 15) is 72.9 Å². The van der Waals surface area contributed by atoms with Gasteiger partial charge in [-0.1, -0.05) is 62.4 Å². The molecule has 1 heterocycles. The summed E-state index contributed by atoms with van der Waals surface area (Å²) in [6.45, 7) is 1.02. The standard InChI is InChI=1S/C50H66N14O16S/c1-25(2)14-36(48(77)78)63-47(76)35(17-42(70)71)62-45(74)33(15-26-18-53-24-58-26)61-44(73)32(12-7-13-54-49(51)52)60-46(75)34(16-41(68)69)59-40(67)21-56-38(65)19-55-39(66)20-57-43(72)37(23-81)64-50(79)80-22-31-29-10-5-3-8-27(29)28-9-4-6-11-30(28)31/h3-6,8-11,18,24-25,31-37,81H,7,12-17,19-23H2,1-2H3,(H,53,58)(H,55,66)(H,56,65)(H,57,72)(H,59,67)(H,60,75)(H,61,73)(H,62,74)(H,63,76)(H,64,79)(H,68,69)(H,70,71)(H,77,78)(H4,51,52,54). The molecular formula is C50H66N14O16S. The van der Waals surface area contributed by atoms with Crippen molar-refractivity contribution in [1.29, 1.82) is 0 Å². The number of carbonyl (C=O) groups is 12. The van der Waals surface area contributed by atoms with Crippen LogP contribution in [0.2, 0.25) is 0 Å². The summed E-state index contributed by atoms with van der Waals surface area (Å²) in [7, 11) is 0. The molecule has 0 aliphatic heterocycles. The molecule has 1 aliphatic carbocycles. The third-order valence-corrected chi connectivity index (χ3v) is 12.4. The molecule has 6 unspecified atom stereocenters. The second-order valence-electron chi connectivity index (χ2n) is 18.7. The van der Waals surface area contributed by atoms with Crippen LogP contribution in [0.25, 0.3) is 11.1 Å². The van der Waals surface area contributed by atoms with Gasteiger partial charge in [0.25, 0.3) is 0 Å². The highest BCUT2D eigenvalue weighted by Crippen LogP contribution is 2.44. The van der Waals surface area contributed by atoms with E-state index >= 15 is 0 Å². The molecular weight excluding hydrogens is 1080 g/mol. The van der Waals surface area contributed by atoms with Crippen LogP contribution < -0.4 is 59.3 Å². The van der Waals surface area contributed by atoms with Crippen LogP contribution in [-0.2, 0) is 63.9 Å². The quantitative estimate of drug-likeness (QED) is 0.0123. The number of benzene rings is 2. The number of fused-ring (bicyclic) bond motifs is 3. The first-order chi connectivity index (χ1) is 38.4. The molecule has 4 rings (SSSR count). The molecule has 0 saturated heterocycles. The highest BCUT2D eigenvalue weighted by molar-refractivity contribution is 7.80. The smallest absolute Gasteiger partial charge is 0.407 e. The molecule has 0 fully saturated rings. The molecule has 1 aliphatic rings. The van der Waals surface area contributed by atoms with Crippen molar-refractivity contribution in [2.75, 3.05) is 38.5 Å². The number of guanidine groups is 1. The van der Waals surface area contributed by atoms with Gasteiger partial charge in [0.05, 0.1) is 38.8 Å². The van der Waals surface area contributed by atoms with Gasteiger partial charge in [-0.3, -0.25) is 52.9 Å². The maximum absolute atomic E-state index is 14.0. The molecule has 30 nitrogen and oxygen atoms in total. The van der Waals surface area contributed by atoms with Crippen LogP contribution in [0.5, 0.6) is 0 Å². The Balaban J connectivity index is 1.32. The molecule has 1 aromatic heterocycles. The van der Waals surface area contributed by atoms with Crippen molar-refractivity contribution in [3.8, 4) is 11.1 Å². The number of hydrogen-bond acceptors (Lipinski definition) is 16. The molecule has 81 heavy (non-hydrogen) atoms. The predicted molar refractivity (Wildman–Crippen MR) is 288 cm³/mol. The van der Waals surface area contributed by atoms with Crippen LogP contribution in [0.3, 0.4) is 0 Å². The highest BCUT2D eigenvalue weighted by atomic mass is 32.1. The minimum Gasteiger partial charge on any atom is -0.481 e. The Hall–Kier alpha value is -9.29. The summed E-state index contributed by atoms with van der Waals surface area (Å²) in [6, 6.07) is 5.73. The van der Waals surface area contributed by atoms with E-state index in [4.69, 9.17) is 16.2 Å². The molecule has 438 valence electrons. The Labute approximate surface area is 468 Å². The molecule has 0 radical (unpaired) electrons. The third-order valence-electron chi connectivity index (χ3n) is 12.0. The first-order valence-electron chi connectivity index (χ1n) is 25.2. The number of hydrogen-bond donors (Lipinski definition) is 16. The van der Waals surface area contributed by atoms with E-state index in [0.717, 1.165) is 22.3 Å². The summed E-state index contributed by atoms with van der Waals surface area (Å²) in [5.74, 6) is -13.8. The van der Waals surface area contributed by atoms with Gasteiger partial charge in [0.1, 0.15) is 42.9 Å². The number of aliphatic carboxylic acids is 3. The Morgan fingerprint density at radius 1 is 0.642 bits per heavy atom. The number of aromatic nitrogens is 2. The van der Waals surface area contributed by atoms with Crippen LogP contribution in [0.4, 0.5) is 4.79 Å². The van der Waals surface area contributed by atoms with Gasteiger partial charge in [0.2, 0.25) is 47.3 Å². The second-order valence-corrected chi connectivity index (χ2v) is 19.1. The Kier molecular flexibility index (Phi) is 25.3. The maximum Gasteiger partial charge on any atom is 0.407 e. The minimum atomic E-state index is -1.90. The van der Waals surface area contributed by atoms with E-state index in [2.05, 4.69) is 75.4 Å². The number of carboxylic acid groups (broad SMARTS) is 3. The number of H-pyrrole nitrogens is 1. The van der Waals surface area contributed by atoms with E-state index in [1.165, 1.54) is 12.5 Å². The Morgan fingerprint density at radius 3 is 1.68 bits per heavy atom. The van der Waals surface area contributed by atoms with Crippen molar-refractivity contribution in [3.63, 3.8) is 0 Å². The molecule has 3 aromatic rings. The number of nitrogens with two attached hydrogens (primary N) is 2. The lowest BCUT2D eigenvalue weighted by Gasteiger charge is -2.26. The zero-order chi connectivity index (χ0) is 59.8. The SMILES string of the molecule is CC(C)CC(NC(=O)C(CC(=O)O)NC(=O)C(Cc1cnc[nH]1)NC(=O)C(CCCN=C(N)N)NC(=O)C(CC(=O)O)NC(=O)CNC(=O)CNC(=O)CNC(=O)C(CS)NC(=O)OCC1c2ccccc2-c2ccccc21)C(=O)O. The van der Waals surface area contributed by atoms with E-state index in [-0.39, 0.29) is 68.1 Å². The molecule has 0 saturated carbocycles. The number of aromatic amines is 1. The third kappa shape index (κ3) is 21.5. The second kappa shape index (κ2) is 31.9. The topological polar surface area (TPSA) is 476 Å². The number of nitrogens with one attached hydrogen (secondary N) is 10. The fraction of sp³-hybridized carbons (Fsp3) is 0.440. The van der Waals surface area contributed by atoms with Gasteiger partial charge >= 0.3 is 24.0 Å². The number of nitrogens with zero attached hydrogens (tertiary/aromatic N) is 2. The summed E-state index contributed by atoms with van der Waals surface area (Å²) in [6.07, 6.45) is -1.15. The molecule has 9 amide bonds. The lowest BCUT2D eigenvalue weighted by atomic mass is 9.98. The summed E-state index contributed by atoms with van der Waals surface area (Å²) >= 11 is 4.12. The lowest BCUT2D eigenvalue weighted by molar-refractivity contribution is -0.144. The van der Waals surface area contributed by atoms with Gasteiger partial charge in [-0.2, -0.15) is 12.6 Å². The number of ether oxygens (including phenoxy) is 1. The average Bonchev–Trinajstić information content (AvgIpc) is 4.05. The Bertz CT molecular complexity index is 2750. The largest absolute Gasteiger partial charge is 0.481 e.